The fourth-order valence-corrected chi connectivity index (χ4v) is 3.24. The highest BCUT2D eigenvalue weighted by atomic mass is 32.2. The first kappa shape index (κ1) is 16.6. The molecule has 1 aromatic heterocycles. The third kappa shape index (κ3) is 5.56. The zero-order valence-corrected chi connectivity index (χ0v) is 13.5. The van der Waals surface area contributed by atoms with Crippen LogP contribution in [0.3, 0.4) is 0 Å². The minimum absolute atomic E-state index is 0.0973. The first-order chi connectivity index (χ1) is 8.83. The normalized spacial score (nSPS) is 15.6. The monoisotopic (exact) mass is 305 g/mol. The smallest absolute Gasteiger partial charge is 0.215 e. The van der Waals surface area contributed by atoms with E-state index in [2.05, 4.69) is 15.0 Å². The van der Waals surface area contributed by atoms with Gasteiger partial charge in [-0.25, -0.2) is 18.1 Å². The fourth-order valence-electron chi connectivity index (χ4n) is 1.46. The summed E-state index contributed by atoms with van der Waals surface area (Å²) in [6.07, 6.45) is 1.74. The van der Waals surface area contributed by atoms with Crippen molar-refractivity contribution >= 4 is 21.4 Å². The number of hydrogen-bond donors (Lipinski definition) is 2. The van der Waals surface area contributed by atoms with Crippen molar-refractivity contribution in [1.29, 1.82) is 0 Å². The maximum absolute atomic E-state index is 12.0. The Morgan fingerprint density at radius 3 is 2.47 bits per heavy atom. The first-order valence-electron chi connectivity index (χ1n) is 6.44. The average Bonchev–Trinajstić information content (AvgIpc) is 2.86. The molecule has 0 radical (unpaired) electrons. The van der Waals surface area contributed by atoms with Gasteiger partial charge < -0.3 is 5.32 Å². The van der Waals surface area contributed by atoms with E-state index in [0.29, 0.717) is 13.1 Å². The van der Waals surface area contributed by atoms with Gasteiger partial charge in [-0.3, -0.25) is 0 Å². The van der Waals surface area contributed by atoms with Gasteiger partial charge in [0.2, 0.25) is 10.0 Å². The summed E-state index contributed by atoms with van der Waals surface area (Å²) in [6, 6.07) is 0.284. The molecule has 2 atom stereocenters. The fraction of sp³-hybridized carbons (Fsp3) is 0.750. The predicted molar refractivity (Wildman–Crippen MR) is 80.1 cm³/mol. The van der Waals surface area contributed by atoms with E-state index in [1.807, 2.05) is 26.2 Å². The molecule has 0 fully saturated rings. The second kappa shape index (κ2) is 7.33. The quantitative estimate of drug-likeness (QED) is 0.764. The minimum Gasteiger partial charge on any atom is -0.313 e. The lowest BCUT2D eigenvalue weighted by Crippen LogP contribution is -2.41. The molecule has 0 aliphatic carbocycles. The zero-order valence-electron chi connectivity index (χ0n) is 11.9. The molecular weight excluding hydrogens is 282 g/mol. The van der Waals surface area contributed by atoms with Crippen LogP contribution >= 0.6 is 11.3 Å². The lowest BCUT2D eigenvalue weighted by Gasteiger charge is -2.17. The van der Waals surface area contributed by atoms with Crippen LogP contribution in [-0.4, -0.2) is 37.8 Å². The zero-order chi connectivity index (χ0) is 14.5. The Hall–Kier alpha value is -0.500. The van der Waals surface area contributed by atoms with E-state index in [1.165, 1.54) is 0 Å². The van der Waals surface area contributed by atoms with Crippen LogP contribution in [0.15, 0.2) is 11.6 Å². The van der Waals surface area contributed by atoms with Crippen molar-refractivity contribution in [3.63, 3.8) is 0 Å². The van der Waals surface area contributed by atoms with E-state index < -0.39 is 15.3 Å². The highest BCUT2D eigenvalue weighted by Gasteiger charge is 2.21. The molecule has 0 aliphatic heterocycles. The molecule has 0 aromatic carbocycles. The molecule has 0 spiro atoms. The molecule has 1 aromatic rings. The van der Waals surface area contributed by atoms with Crippen molar-refractivity contribution in [2.45, 2.75) is 44.9 Å². The number of nitrogens with one attached hydrogen (secondary N) is 2. The summed E-state index contributed by atoms with van der Waals surface area (Å²) in [7, 11) is -3.28. The van der Waals surface area contributed by atoms with Gasteiger partial charge in [0, 0.05) is 36.6 Å². The highest BCUT2D eigenvalue weighted by molar-refractivity contribution is 7.90. The third-order valence-electron chi connectivity index (χ3n) is 2.81. The van der Waals surface area contributed by atoms with Crippen LogP contribution in [0.5, 0.6) is 0 Å². The van der Waals surface area contributed by atoms with E-state index in [9.17, 15) is 8.42 Å². The molecule has 110 valence electrons. The van der Waals surface area contributed by atoms with Crippen LogP contribution in [0.1, 0.15) is 38.6 Å². The number of thiazole rings is 1. The molecule has 0 bridgehead atoms. The van der Waals surface area contributed by atoms with Crippen molar-refractivity contribution in [3.8, 4) is 0 Å². The Balaban J connectivity index is 2.46. The molecule has 5 nitrogen and oxygen atoms in total. The number of nitrogens with zero attached hydrogens (tertiary/aromatic N) is 1. The van der Waals surface area contributed by atoms with Crippen molar-refractivity contribution in [2.75, 3.05) is 13.1 Å². The van der Waals surface area contributed by atoms with Gasteiger partial charge in [0.1, 0.15) is 0 Å². The second-order valence-electron chi connectivity index (χ2n) is 5.04. The molecule has 1 heterocycles. The molecule has 19 heavy (non-hydrogen) atoms. The summed E-state index contributed by atoms with van der Waals surface area (Å²) in [5.74, 6) is 0.0973. The highest BCUT2D eigenvalue weighted by Crippen LogP contribution is 2.16. The molecule has 2 N–H and O–H groups in total. The van der Waals surface area contributed by atoms with Gasteiger partial charge in [0.15, 0.2) is 0 Å². The van der Waals surface area contributed by atoms with Crippen molar-refractivity contribution in [2.24, 2.45) is 0 Å². The van der Waals surface area contributed by atoms with E-state index in [1.54, 1.807) is 24.5 Å². The minimum atomic E-state index is -3.28. The number of rotatable bonds is 8. The molecule has 1 rings (SSSR count). The lowest BCUT2D eigenvalue weighted by molar-refractivity contribution is 0.537. The topological polar surface area (TPSA) is 71.1 Å². The Morgan fingerprint density at radius 1 is 1.26 bits per heavy atom. The predicted octanol–water partition coefficient (Wildman–Crippen LogP) is 1.55. The molecule has 0 aliphatic rings. The van der Waals surface area contributed by atoms with Crippen LogP contribution in [0.2, 0.25) is 0 Å². The summed E-state index contributed by atoms with van der Waals surface area (Å²) in [4.78, 5) is 4.19. The van der Waals surface area contributed by atoms with Gasteiger partial charge in [-0.15, -0.1) is 11.3 Å². The van der Waals surface area contributed by atoms with E-state index in [-0.39, 0.29) is 12.0 Å². The number of aromatic nitrogens is 1. The summed E-state index contributed by atoms with van der Waals surface area (Å²) in [5.41, 5.74) is 0. The maximum Gasteiger partial charge on any atom is 0.215 e. The summed E-state index contributed by atoms with van der Waals surface area (Å²) in [6.45, 7) is 8.53. The van der Waals surface area contributed by atoms with Gasteiger partial charge in [0.05, 0.1) is 10.3 Å². The number of hydrogen-bond acceptors (Lipinski definition) is 5. The van der Waals surface area contributed by atoms with Crippen molar-refractivity contribution < 1.29 is 8.42 Å². The van der Waals surface area contributed by atoms with Gasteiger partial charge in [-0.1, -0.05) is 20.8 Å². The lowest BCUT2D eigenvalue weighted by atomic mass is 10.2. The first-order valence-corrected chi connectivity index (χ1v) is 8.86. The van der Waals surface area contributed by atoms with Crippen molar-refractivity contribution in [1.82, 2.24) is 15.0 Å². The molecule has 0 saturated carbocycles. The van der Waals surface area contributed by atoms with Crippen LogP contribution in [0.4, 0.5) is 0 Å². The van der Waals surface area contributed by atoms with Crippen LogP contribution in [0.25, 0.3) is 0 Å². The van der Waals surface area contributed by atoms with E-state index in [0.717, 1.165) is 5.01 Å². The van der Waals surface area contributed by atoms with Crippen LogP contribution in [-0.2, 0) is 10.0 Å². The standard InChI is InChI=1S/C12H23N3O2S2/c1-9(2)14-8-11(4)19(16,17)15-7-10(3)12-13-5-6-18-12/h5-6,9-11,14-15H,7-8H2,1-4H3. The van der Waals surface area contributed by atoms with Gasteiger partial charge >= 0.3 is 0 Å². The SMILES string of the molecule is CC(C)NCC(C)S(=O)(=O)NCC(C)c1nccs1. The van der Waals surface area contributed by atoms with Crippen LogP contribution < -0.4 is 10.0 Å². The Labute approximate surface area is 119 Å². The second-order valence-corrected chi connectivity index (χ2v) is 8.15. The summed E-state index contributed by atoms with van der Waals surface area (Å²) in [5, 5.41) is 5.54. The van der Waals surface area contributed by atoms with Gasteiger partial charge in [-0.2, -0.15) is 0 Å². The Kier molecular flexibility index (Phi) is 6.38. The molecule has 2 unspecified atom stereocenters. The Bertz CT molecular complexity index is 457. The van der Waals surface area contributed by atoms with E-state index in [4.69, 9.17) is 0 Å². The number of sulfonamides is 1. The Morgan fingerprint density at radius 2 is 1.95 bits per heavy atom. The summed E-state index contributed by atoms with van der Waals surface area (Å²) < 4.78 is 26.8. The van der Waals surface area contributed by atoms with E-state index >= 15 is 0 Å². The van der Waals surface area contributed by atoms with Crippen LogP contribution in [0, 0.1) is 0 Å². The molecule has 0 amide bonds. The van der Waals surface area contributed by atoms with Crippen molar-refractivity contribution in [3.05, 3.63) is 16.6 Å². The van der Waals surface area contributed by atoms with Gasteiger partial charge in [0.25, 0.3) is 0 Å². The van der Waals surface area contributed by atoms with Gasteiger partial charge in [-0.05, 0) is 6.92 Å². The maximum atomic E-state index is 12.0. The molecular formula is C12H23N3O2S2. The molecule has 0 saturated heterocycles. The largest absolute Gasteiger partial charge is 0.313 e. The summed E-state index contributed by atoms with van der Waals surface area (Å²) >= 11 is 1.55. The molecule has 7 heteroatoms. The average molecular weight is 305 g/mol. The third-order valence-corrected chi connectivity index (χ3v) is 5.61.